The topological polar surface area (TPSA) is 40.5 Å². The Hall–Kier alpha value is -1.51. The van der Waals surface area contributed by atoms with Crippen molar-refractivity contribution in [1.82, 2.24) is 4.90 Å². The van der Waals surface area contributed by atoms with Crippen LogP contribution in [-0.4, -0.2) is 22.6 Å². The average Bonchev–Trinajstić information content (AvgIpc) is 2.44. The molecule has 0 bridgehead atoms. The van der Waals surface area contributed by atoms with Crippen LogP contribution in [0.4, 0.5) is 4.79 Å². The molecule has 16 heavy (non-hydrogen) atoms. The van der Waals surface area contributed by atoms with Gasteiger partial charge in [0.1, 0.15) is 0 Å². The summed E-state index contributed by atoms with van der Waals surface area (Å²) in [5, 5.41) is 9.34. The lowest BCUT2D eigenvalue weighted by Crippen LogP contribution is -2.40. The maximum absolute atomic E-state index is 11.4. The molecule has 3 heteroatoms. The third-order valence-corrected chi connectivity index (χ3v) is 2.92. The summed E-state index contributed by atoms with van der Waals surface area (Å²) in [6.45, 7) is 2.25. The molecule has 1 aromatic carbocycles. The lowest BCUT2D eigenvalue weighted by Gasteiger charge is -2.37. The molecule has 1 aliphatic heterocycles. The van der Waals surface area contributed by atoms with Crippen LogP contribution < -0.4 is 0 Å². The summed E-state index contributed by atoms with van der Waals surface area (Å²) in [5.41, 5.74) is 0.0790. The number of benzene rings is 1. The molecule has 2 rings (SSSR count). The Bertz CT molecular complexity index is 563. The normalized spacial score (nSPS) is 29.8. The van der Waals surface area contributed by atoms with Crippen molar-refractivity contribution in [2.24, 2.45) is 5.92 Å². The Morgan fingerprint density at radius 2 is 2.12 bits per heavy atom. The number of hydrogen-bond donors (Lipinski definition) is 1. The van der Waals surface area contributed by atoms with E-state index < -0.39 is 30.3 Å². The Morgan fingerprint density at radius 3 is 2.75 bits per heavy atom. The van der Waals surface area contributed by atoms with E-state index in [0.717, 1.165) is 6.42 Å². The molecule has 2 atom stereocenters. The molecule has 0 spiro atoms. The van der Waals surface area contributed by atoms with Gasteiger partial charge in [-0.25, -0.2) is 4.79 Å². The molecule has 0 saturated carbocycles. The fourth-order valence-corrected chi connectivity index (χ4v) is 2.09. The molecule has 1 N–H and O–H groups in total. The fraction of sp³-hybridized carbons (Fsp3) is 0.462. The Morgan fingerprint density at radius 1 is 1.44 bits per heavy atom. The second-order valence-electron chi connectivity index (χ2n) is 4.17. The van der Waals surface area contributed by atoms with Crippen molar-refractivity contribution in [3.8, 4) is 0 Å². The highest BCUT2D eigenvalue weighted by molar-refractivity contribution is 5.66. The van der Waals surface area contributed by atoms with Crippen LogP contribution in [0.15, 0.2) is 30.2 Å². The zero-order valence-corrected chi connectivity index (χ0v) is 9.08. The molecule has 1 aliphatic rings. The van der Waals surface area contributed by atoms with Crippen LogP contribution in [0.1, 0.15) is 38.2 Å². The van der Waals surface area contributed by atoms with Crippen LogP contribution in [0.25, 0.3) is 0 Å². The van der Waals surface area contributed by atoms with E-state index in [0.29, 0.717) is 13.0 Å². The molecule has 1 amide bonds. The van der Waals surface area contributed by atoms with Gasteiger partial charge in [0.05, 0.1) is 12.9 Å². The summed E-state index contributed by atoms with van der Waals surface area (Å²) in [4.78, 5) is 12.6. The molecule has 1 aromatic rings. The third kappa shape index (κ3) is 2.18. The monoisotopic (exact) mass is 224 g/mol. The van der Waals surface area contributed by atoms with Crippen LogP contribution in [0, 0.1) is 5.92 Å². The molecular formula is C13H17NO2. The van der Waals surface area contributed by atoms with Crippen LogP contribution >= 0.6 is 0 Å². The van der Waals surface area contributed by atoms with Gasteiger partial charge < -0.3 is 10.0 Å². The van der Waals surface area contributed by atoms with Gasteiger partial charge in [0.2, 0.25) is 0 Å². The smallest absolute Gasteiger partial charge is 0.407 e. The second-order valence-corrected chi connectivity index (χ2v) is 4.17. The average molecular weight is 224 g/mol. The molecule has 1 unspecified atom stereocenters. The van der Waals surface area contributed by atoms with Gasteiger partial charge in [-0.3, -0.25) is 0 Å². The zero-order valence-electron chi connectivity index (χ0n) is 14.1. The minimum atomic E-state index is -1.13. The number of carbonyl (C=O) groups is 1. The Balaban J connectivity index is 2.57. The highest BCUT2D eigenvalue weighted by Gasteiger charge is 2.30. The summed E-state index contributed by atoms with van der Waals surface area (Å²) < 4.78 is 38.9. The summed E-state index contributed by atoms with van der Waals surface area (Å²) in [5.74, 6) is 0.196. The van der Waals surface area contributed by atoms with Gasteiger partial charge in [0.25, 0.3) is 0 Å². The molecule has 0 radical (unpaired) electrons. The number of likely N-dealkylation sites (tertiary alicyclic amines) is 1. The van der Waals surface area contributed by atoms with Crippen molar-refractivity contribution in [2.45, 2.75) is 25.8 Å². The fourth-order valence-electron chi connectivity index (χ4n) is 2.09. The van der Waals surface area contributed by atoms with Gasteiger partial charge in [-0.05, 0) is 24.3 Å². The van der Waals surface area contributed by atoms with E-state index in [2.05, 4.69) is 0 Å². The van der Waals surface area contributed by atoms with E-state index in [9.17, 15) is 9.90 Å². The lowest BCUT2D eigenvalue weighted by molar-refractivity contribution is 0.0900. The van der Waals surface area contributed by atoms with E-state index in [1.54, 1.807) is 0 Å². The molecule has 1 fully saturated rings. The summed E-state index contributed by atoms with van der Waals surface area (Å²) in [7, 11) is 0. The van der Waals surface area contributed by atoms with Crippen molar-refractivity contribution in [2.75, 3.05) is 6.54 Å². The van der Waals surface area contributed by atoms with Gasteiger partial charge >= 0.3 is 6.09 Å². The van der Waals surface area contributed by atoms with Crippen LogP contribution in [0.5, 0.6) is 0 Å². The van der Waals surface area contributed by atoms with E-state index in [1.165, 1.54) is 4.90 Å². The largest absolute Gasteiger partial charge is 0.465 e. The van der Waals surface area contributed by atoms with Gasteiger partial charge in [-0.15, -0.1) is 0 Å². The van der Waals surface area contributed by atoms with Crippen molar-refractivity contribution in [1.29, 1.82) is 0 Å². The van der Waals surface area contributed by atoms with Gasteiger partial charge in [0, 0.05) is 6.54 Å². The minimum Gasteiger partial charge on any atom is -0.465 e. The molecule has 3 nitrogen and oxygen atoms in total. The Kier molecular flexibility index (Phi) is 1.79. The zero-order chi connectivity index (χ0) is 15.9. The molecule has 0 aliphatic carbocycles. The number of hydrogen-bond acceptors (Lipinski definition) is 1. The number of amides is 1. The van der Waals surface area contributed by atoms with Crippen LogP contribution in [0.2, 0.25) is 0 Å². The first-order valence-electron chi connectivity index (χ1n) is 7.82. The lowest BCUT2D eigenvalue weighted by atomic mass is 9.90. The predicted molar refractivity (Wildman–Crippen MR) is 62.3 cm³/mol. The van der Waals surface area contributed by atoms with Crippen LogP contribution in [0.3, 0.4) is 0 Å². The third-order valence-electron chi connectivity index (χ3n) is 2.92. The first-order chi connectivity index (χ1) is 9.75. The number of rotatable bonds is 1. The number of nitrogens with zero attached hydrogens (tertiary/aromatic N) is 1. The van der Waals surface area contributed by atoms with E-state index in [1.807, 2.05) is 6.92 Å². The van der Waals surface area contributed by atoms with Gasteiger partial charge in [0.15, 0.2) is 0 Å². The first-order valence-corrected chi connectivity index (χ1v) is 5.32. The quantitative estimate of drug-likeness (QED) is 0.796. The van der Waals surface area contributed by atoms with E-state index in [-0.39, 0.29) is 23.6 Å². The minimum absolute atomic E-state index is 0.0790. The number of piperidine rings is 1. The Labute approximate surface area is 103 Å². The molecular weight excluding hydrogens is 202 g/mol. The number of carboxylic acid groups (broad SMARTS) is 1. The molecule has 1 saturated heterocycles. The standard InChI is InChI=1S/C13H17NO2/c1-10-7-8-12(14(9-10)13(15)16)11-5-3-2-4-6-11/h2-6,10,12H,7-9H2,1H3,(H,15,16)/t10-,12?/m0/s1/i2D,3D,4D,5D,6D. The first kappa shape index (κ1) is 6.28. The molecule has 86 valence electrons. The van der Waals surface area contributed by atoms with Crippen molar-refractivity contribution >= 4 is 6.09 Å². The van der Waals surface area contributed by atoms with Crippen molar-refractivity contribution in [3.05, 3.63) is 35.8 Å². The predicted octanol–water partition coefficient (Wildman–Crippen LogP) is 3.14. The second kappa shape index (κ2) is 4.56. The highest BCUT2D eigenvalue weighted by atomic mass is 16.4. The highest BCUT2D eigenvalue weighted by Crippen LogP contribution is 2.32. The molecule has 0 aromatic heterocycles. The maximum atomic E-state index is 11.4. The van der Waals surface area contributed by atoms with Gasteiger partial charge in [-0.2, -0.15) is 0 Å². The molecule has 1 heterocycles. The summed E-state index contributed by atoms with van der Waals surface area (Å²) in [6.07, 6.45) is 0.0938. The summed E-state index contributed by atoms with van der Waals surface area (Å²) in [6, 6.07) is -2.61. The van der Waals surface area contributed by atoms with Crippen molar-refractivity contribution < 1.29 is 16.8 Å². The van der Waals surface area contributed by atoms with E-state index in [4.69, 9.17) is 6.85 Å². The summed E-state index contributed by atoms with van der Waals surface area (Å²) >= 11 is 0. The van der Waals surface area contributed by atoms with Crippen LogP contribution in [-0.2, 0) is 0 Å². The van der Waals surface area contributed by atoms with E-state index >= 15 is 0 Å². The SMILES string of the molecule is [2H]c1c([2H])c([2H])c(C2CC[C@H](C)CN2C(=O)O)c([2H])c1[2H]. The van der Waals surface area contributed by atoms with Gasteiger partial charge in [-0.1, -0.05) is 37.1 Å². The maximum Gasteiger partial charge on any atom is 0.407 e. The van der Waals surface area contributed by atoms with Crippen molar-refractivity contribution in [3.63, 3.8) is 0 Å².